The Morgan fingerprint density at radius 2 is 0.889 bits per heavy atom. The van der Waals surface area contributed by atoms with Crippen molar-refractivity contribution in [2.24, 2.45) is 0 Å². The van der Waals surface area contributed by atoms with E-state index in [4.69, 9.17) is 4.42 Å². The van der Waals surface area contributed by atoms with Crippen LogP contribution in [0.15, 0.2) is 192 Å². The monoisotopic (exact) mass is 685 g/mol. The fourth-order valence-electron chi connectivity index (χ4n) is 9.15. The van der Waals surface area contributed by atoms with Crippen LogP contribution in [0.1, 0.15) is 0 Å². The molecule has 0 atom stereocenters. The van der Waals surface area contributed by atoms with Crippen LogP contribution in [-0.2, 0) is 0 Å². The molecule has 2 heterocycles. The van der Waals surface area contributed by atoms with Gasteiger partial charge in [0.1, 0.15) is 11.2 Å². The van der Waals surface area contributed by atoms with Crippen LogP contribution in [0.5, 0.6) is 0 Å². The normalized spacial score (nSPS) is 12.1. The fourth-order valence-corrected chi connectivity index (χ4v) is 9.15. The van der Waals surface area contributed by atoms with Gasteiger partial charge in [-0.25, -0.2) is 0 Å². The minimum absolute atomic E-state index is 0.915. The van der Waals surface area contributed by atoms with Gasteiger partial charge in [-0.05, 0) is 120 Å². The summed E-state index contributed by atoms with van der Waals surface area (Å²) in [6.45, 7) is 0. The molecule has 0 amide bonds. The Hall–Kier alpha value is -7.16. The number of rotatable bonds is 3. The lowest BCUT2D eigenvalue weighted by molar-refractivity contribution is 0.669. The molecular formula is C52H31NO. The number of hydrogen-bond donors (Lipinski definition) is 0. The third-order valence-electron chi connectivity index (χ3n) is 11.6. The molecule has 0 fully saturated rings. The number of fused-ring (bicyclic) bond motifs is 14. The quantitative estimate of drug-likeness (QED) is 0.169. The van der Waals surface area contributed by atoms with E-state index in [9.17, 15) is 0 Å². The smallest absolute Gasteiger partial charge is 0.136 e. The highest BCUT2D eigenvalue weighted by molar-refractivity contribution is 6.27. The SMILES string of the molecule is c1ccc(-n2c3ccccc3c3c(-c4ccc5c6ccc(-c7ccc8oc9ccc%10ccccc%10c9c8c7)cc6c6ccccc6c5c4)cccc32)cc1. The zero-order valence-corrected chi connectivity index (χ0v) is 29.3. The second-order valence-corrected chi connectivity index (χ2v) is 14.4. The van der Waals surface area contributed by atoms with Crippen molar-refractivity contribution in [3.8, 4) is 27.9 Å². The minimum Gasteiger partial charge on any atom is -0.456 e. The van der Waals surface area contributed by atoms with E-state index in [-0.39, 0.29) is 0 Å². The van der Waals surface area contributed by atoms with Crippen LogP contribution in [0, 0.1) is 0 Å². The van der Waals surface area contributed by atoms with E-state index in [2.05, 4.69) is 193 Å². The van der Waals surface area contributed by atoms with Crippen molar-refractivity contribution < 1.29 is 4.42 Å². The van der Waals surface area contributed by atoms with Crippen LogP contribution in [0.3, 0.4) is 0 Å². The lowest BCUT2D eigenvalue weighted by atomic mass is 9.89. The first-order valence-electron chi connectivity index (χ1n) is 18.6. The fraction of sp³-hybridized carbons (Fsp3) is 0. The summed E-state index contributed by atoms with van der Waals surface area (Å²) >= 11 is 0. The van der Waals surface area contributed by atoms with E-state index in [1.807, 2.05) is 0 Å². The highest BCUT2D eigenvalue weighted by atomic mass is 16.3. The third kappa shape index (κ3) is 4.17. The first kappa shape index (κ1) is 29.4. The molecule has 0 N–H and O–H groups in total. The van der Waals surface area contributed by atoms with Gasteiger partial charge >= 0.3 is 0 Å². The Bertz CT molecular complexity index is 3470. The zero-order chi connectivity index (χ0) is 35.3. The number of benzene rings is 10. The van der Waals surface area contributed by atoms with Crippen LogP contribution >= 0.6 is 0 Å². The van der Waals surface area contributed by atoms with Gasteiger partial charge in [-0.1, -0.05) is 133 Å². The Labute approximate surface area is 310 Å². The first-order chi connectivity index (χ1) is 26.8. The molecule has 0 saturated carbocycles. The number of hydrogen-bond acceptors (Lipinski definition) is 1. The van der Waals surface area contributed by atoms with Crippen LogP contribution < -0.4 is 0 Å². The van der Waals surface area contributed by atoms with Crippen molar-refractivity contribution in [3.63, 3.8) is 0 Å². The Kier molecular flexibility index (Phi) is 6.09. The highest BCUT2D eigenvalue weighted by Gasteiger charge is 2.18. The van der Waals surface area contributed by atoms with Crippen molar-refractivity contribution in [3.05, 3.63) is 188 Å². The lowest BCUT2D eigenvalue weighted by Crippen LogP contribution is -1.92. The molecule has 0 aliphatic carbocycles. The van der Waals surface area contributed by atoms with E-state index in [0.717, 1.165) is 16.6 Å². The van der Waals surface area contributed by atoms with Gasteiger partial charge in [-0.15, -0.1) is 0 Å². The molecule has 2 nitrogen and oxygen atoms in total. The van der Waals surface area contributed by atoms with Crippen LogP contribution in [0.25, 0.3) is 115 Å². The summed E-state index contributed by atoms with van der Waals surface area (Å²) in [6, 6.07) is 68.6. The predicted octanol–water partition coefficient (Wildman–Crippen LogP) is 14.6. The molecule has 0 aliphatic heterocycles. The van der Waals surface area contributed by atoms with Gasteiger partial charge in [0.25, 0.3) is 0 Å². The van der Waals surface area contributed by atoms with Crippen molar-refractivity contribution in [1.29, 1.82) is 0 Å². The highest BCUT2D eigenvalue weighted by Crippen LogP contribution is 2.43. The molecule has 250 valence electrons. The maximum absolute atomic E-state index is 6.33. The van der Waals surface area contributed by atoms with Crippen molar-refractivity contribution in [1.82, 2.24) is 4.57 Å². The molecule has 0 saturated heterocycles. The molecule has 0 radical (unpaired) electrons. The molecule has 12 aromatic rings. The summed E-state index contributed by atoms with van der Waals surface area (Å²) in [5, 5.41) is 14.9. The number of aromatic nitrogens is 1. The maximum Gasteiger partial charge on any atom is 0.136 e. The topological polar surface area (TPSA) is 18.1 Å². The van der Waals surface area contributed by atoms with Gasteiger partial charge in [-0.3, -0.25) is 0 Å². The Morgan fingerprint density at radius 3 is 1.69 bits per heavy atom. The van der Waals surface area contributed by atoms with E-state index in [0.29, 0.717) is 0 Å². The van der Waals surface area contributed by atoms with Crippen LogP contribution in [-0.4, -0.2) is 4.57 Å². The second kappa shape index (κ2) is 11.2. The minimum atomic E-state index is 0.915. The summed E-state index contributed by atoms with van der Waals surface area (Å²) in [5.74, 6) is 0. The number of nitrogens with zero attached hydrogens (tertiary/aromatic N) is 1. The van der Waals surface area contributed by atoms with Crippen LogP contribution in [0.4, 0.5) is 0 Å². The number of furan rings is 1. The molecule has 0 spiro atoms. The molecule has 12 rings (SSSR count). The van der Waals surface area contributed by atoms with Crippen molar-refractivity contribution >= 4 is 86.8 Å². The lowest BCUT2D eigenvalue weighted by Gasteiger charge is -2.14. The standard InChI is InChI=1S/C52H31NO/c1-2-12-36(13-3-1)53-47-19-9-8-17-43(47)51-38(18-10-20-48(51)53)35-22-26-42-41-25-21-33(29-44(41)39-15-6-7-16-40(39)45(42)31-35)34-24-27-49-46(30-34)52-37-14-5-4-11-32(37)23-28-50(52)54-49/h1-31H. The van der Waals surface area contributed by atoms with E-state index in [1.54, 1.807) is 0 Å². The summed E-state index contributed by atoms with van der Waals surface area (Å²) in [7, 11) is 0. The van der Waals surface area contributed by atoms with E-state index < -0.39 is 0 Å². The molecule has 0 unspecified atom stereocenters. The molecule has 54 heavy (non-hydrogen) atoms. The van der Waals surface area contributed by atoms with E-state index >= 15 is 0 Å². The summed E-state index contributed by atoms with van der Waals surface area (Å²) < 4.78 is 8.73. The Balaban J connectivity index is 1.06. The zero-order valence-electron chi connectivity index (χ0n) is 29.3. The van der Waals surface area contributed by atoms with Gasteiger partial charge in [-0.2, -0.15) is 0 Å². The molecule has 10 aromatic carbocycles. The van der Waals surface area contributed by atoms with Gasteiger partial charge in [0.2, 0.25) is 0 Å². The van der Waals surface area contributed by atoms with Gasteiger partial charge in [0.15, 0.2) is 0 Å². The van der Waals surface area contributed by atoms with Gasteiger partial charge in [0.05, 0.1) is 11.0 Å². The second-order valence-electron chi connectivity index (χ2n) is 14.4. The first-order valence-corrected chi connectivity index (χ1v) is 18.6. The average molecular weight is 686 g/mol. The van der Waals surface area contributed by atoms with Gasteiger partial charge < -0.3 is 8.98 Å². The predicted molar refractivity (Wildman–Crippen MR) is 229 cm³/mol. The summed E-state index contributed by atoms with van der Waals surface area (Å²) in [5.41, 5.74) is 10.3. The van der Waals surface area contributed by atoms with Crippen LogP contribution in [0.2, 0.25) is 0 Å². The van der Waals surface area contributed by atoms with E-state index in [1.165, 1.54) is 98.2 Å². The maximum atomic E-state index is 6.33. The van der Waals surface area contributed by atoms with Crippen molar-refractivity contribution in [2.45, 2.75) is 0 Å². The third-order valence-corrected chi connectivity index (χ3v) is 11.6. The largest absolute Gasteiger partial charge is 0.456 e. The summed E-state index contributed by atoms with van der Waals surface area (Å²) in [6.07, 6.45) is 0. The molecule has 2 heteroatoms. The molecule has 0 bridgehead atoms. The van der Waals surface area contributed by atoms with Crippen molar-refractivity contribution in [2.75, 3.05) is 0 Å². The van der Waals surface area contributed by atoms with Gasteiger partial charge in [0, 0.05) is 27.2 Å². The molecule has 0 aliphatic rings. The Morgan fingerprint density at radius 1 is 0.315 bits per heavy atom. The molecular weight excluding hydrogens is 655 g/mol. The average Bonchev–Trinajstić information content (AvgIpc) is 3.79. The summed E-state index contributed by atoms with van der Waals surface area (Å²) in [4.78, 5) is 0. The number of para-hydroxylation sites is 2. The molecule has 2 aromatic heterocycles.